The van der Waals surface area contributed by atoms with Crippen molar-refractivity contribution in [1.29, 1.82) is 0 Å². The molecule has 1 aliphatic carbocycles. The maximum atomic E-state index is 12.4. The Morgan fingerprint density at radius 3 is 2.50 bits per heavy atom. The molecule has 1 amide bonds. The largest absolute Gasteiger partial charge is 0.411 e. The molecule has 2 aliphatic rings. The summed E-state index contributed by atoms with van der Waals surface area (Å²) >= 11 is 0. The van der Waals surface area contributed by atoms with E-state index in [0.29, 0.717) is 12.3 Å². The number of oxime groups is 1. The molecular formula is C14H16N2O2. The number of benzene rings is 1. The van der Waals surface area contributed by atoms with E-state index in [2.05, 4.69) is 5.16 Å². The molecule has 4 nitrogen and oxygen atoms in total. The van der Waals surface area contributed by atoms with E-state index >= 15 is 0 Å². The van der Waals surface area contributed by atoms with Crippen LogP contribution in [0, 0.1) is 5.41 Å². The fourth-order valence-corrected chi connectivity index (χ4v) is 2.76. The third kappa shape index (κ3) is 1.45. The highest BCUT2D eigenvalue weighted by Crippen LogP contribution is 2.53. The van der Waals surface area contributed by atoms with E-state index in [9.17, 15) is 4.79 Å². The average Bonchev–Trinajstić information content (AvgIpc) is 3.16. The fourth-order valence-electron chi connectivity index (χ4n) is 2.76. The van der Waals surface area contributed by atoms with Crippen molar-refractivity contribution in [2.45, 2.75) is 25.8 Å². The Morgan fingerprint density at radius 1 is 1.33 bits per heavy atom. The maximum absolute atomic E-state index is 12.4. The minimum absolute atomic E-state index is 0.0235. The average molecular weight is 244 g/mol. The molecule has 0 radical (unpaired) electrons. The lowest BCUT2D eigenvalue weighted by Crippen LogP contribution is -2.30. The van der Waals surface area contributed by atoms with Gasteiger partial charge in [-0.2, -0.15) is 0 Å². The van der Waals surface area contributed by atoms with Crippen molar-refractivity contribution >= 4 is 11.6 Å². The van der Waals surface area contributed by atoms with Crippen molar-refractivity contribution in [2.75, 3.05) is 6.54 Å². The van der Waals surface area contributed by atoms with Crippen molar-refractivity contribution in [3.63, 3.8) is 0 Å². The van der Waals surface area contributed by atoms with Crippen LogP contribution in [-0.4, -0.2) is 28.3 Å². The lowest BCUT2D eigenvalue weighted by Gasteiger charge is -2.24. The Balaban J connectivity index is 1.89. The van der Waals surface area contributed by atoms with Gasteiger partial charge in [0, 0.05) is 0 Å². The van der Waals surface area contributed by atoms with Crippen LogP contribution in [0.15, 0.2) is 35.5 Å². The first kappa shape index (κ1) is 11.3. The first-order chi connectivity index (χ1) is 8.69. The quantitative estimate of drug-likeness (QED) is 0.640. The van der Waals surface area contributed by atoms with Gasteiger partial charge in [-0.1, -0.05) is 35.5 Å². The molecule has 1 saturated carbocycles. The summed E-state index contributed by atoms with van der Waals surface area (Å²) in [6, 6.07) is 9.97. The highest BCUT2D eigenvalue weighted by Gasteiger charge is 2.61. The predicted molar refractivity (Wildman–Crippen MR) is 67.5 cm³/mol. The van der Waals surface area contributed by atoms with Gasteiger partial charge in [-0.05, 0) is 25.3 Å². The highest BCUT2D eigenvalue weighted by molar-refractivity contribution is 6.17. The number of rotatable bonds is 2. The van der Waals surface area contributed by atoms with Crippen LogP contribution < -0.4 is 0 Å². The Morgan fingerprint density at radius 2 is 2.00 bits per heavy atom. The van der Waals surface area contributed by atoms with Crippen LogP contribution in [0.25, 0.3) is 0 Å². The van der Waals surface area contributed by atoms with E-state index < -0.39 is 5.41 Å². The SMILES string of the molecule is C[C@H](c1ccccc1)N1C/C(=N/O)C2(CC2)C1=O. The first-order valence-corrected chi connectivity index (χ1v) is 6.26. The molecule has 3 rings (SSSR count). The Bertz CT molecular complexity index is 506. The van der Waals surface area contributed by atoms with Gasteiger partial charge in [0.2, 0.25) is 5.91 Å². The highest BCUT2D eigenvalue weighted by atomic mass is 16.4. The Hall–Kier alpha value is -1.84. The number of carbonyl (C=O) groups is 1. The molecule has 1 saturated heterocycles. The lowest BCUT2D eigenvalue weighted by molar-refractivity contribution is -0.133. The van der Waals surface area contributed by atoms with Crippen LogP contribution in [-0.2, 0) is 4.79 Å². The summed E-state index contributed by atoms with van der Waals surface area (Å²) in [6.45, 7) is 2.47. The standard InChI is InChI=1S/C14H16N2O2/c1-10(11-5-3-2-4-6-11)16-9-12(15-18)14(7-8-14)13(16)17/h2-6,10,18H,7-9H2,1H3/b15-12-/t10-/m1/s1. The third-order valence-electron chi connectivity index (χ3n) is 4.16. The summed E-state index contributed by atoms with van der Waals surface area (Å²) in [5.74, 6) is 0.117. The molecule has 1 N–H and O–H groups in total. The zero-order valence-corrected chi connectivity index (χ0v) is 10.3. The van der Waals surface area contributed by atoms with Gasteiger partial charge in [0.25, 0.3) is 0 Å². The molecule has 0 aromatic heterocycles. The van der Waals surface area contributed by atoms with Gasteiger partial charge >= 0.3 is 0 Å². The van der Waals surface area contributed by atoms with E-state index in [4.69, 9.17) is 5.21 Å². The molecule has 18 heavy (non-hydrogen) atoms. The van der Waals surface area contributed by atoms with Crippen molar-refractivity contribution in [3.05, 3.63) is 35.9 Å². The summed E-state index contributed by atoms with van der Waals surface area (Å²) in [5.41, 5.74) is 1.29. The van der Waals surface area contributed by atoms with Crippen molar-refractivity contribution in [1.82, 2.24) is 4.90 Å². The molecular weight excluding hydrogens is 228 g/mol. The molecule has 0 bridgehead atoms. The summed E-state index contributed by atoms with van der Waals surface area (Å²) in [4.78, 5) is 14.2. The number of hydrogen-bond acceptors (Lipinski definition) is 3. The van der Waals surface area contributed by atoms with Gasteiger partial charge in [-0.3, -0.25) is 4.79 Å². The van der Waals surface area contributed by atoms with Crippen LogP contribution in [0.1, 0.15) is 31.4 Å². The molecule has 1 aromatic carbocycles. The molecule has 0 unspecified atom stereocenters. The summed E-state index contributed by atoms with van der Waals surface area (Å²) < 4.78 is 0. The molecule has 94 valence electrons. The van der Waals surface area contributed by atoms with E-state index in [0.717, 1.165) is 18.4 Å². The van der Waals surface area contributed by atoms with Gasteiger partial charge in [-0.25, -0.2) is 0 Å². The second-order valence-corrected chi connectivity index (χ2v) is 5.15. The smallest absolute Gasteiger partial charge is 0.235 e. The molecule has 1 heterocycles. The van der Waals surface area contributed by atoms with Crippen LogP contribution in [0.5, 0.6) is 0 Å². The number of likely N-dealkylation sites (tertiary alicyclic amines) is 1. The lowest BCUT2D eigenvalue weighted by atomic mass is 10.0. The van der Waals surface area contributed by atoms with E-state index in [1.54, 1.807) is 0 Å². The predicted octanol–water partition coefficient (Wildman–Crippen LogP) is 2.20. The van der Waals surface area contributed by atoms with Gasteiger partial charge in [0.05, 0.1) is 23.7 Å². The van der Waals surface area contributed by atoms with E-state index in [1.165, 1.54) is 0 Å². The minimum atomic E-state index is -0.461. The minimum Gasteiger partial charge on any atom is -0.411 e. The van der Waals surface area contributed by atoms with Gasteiger partial charge in [0.15, 0.2) is 0 Å². The van der Waals surface area contributed by atoms with Crippen LogP contribution in [0.3, 0.4) is 0 Å². The second-order valence-electron chi connectivity index (χ2n) is 5.15. The van der Waals surface area contributed by atoms with Gasteiger partial charge in [-0.15, -0.1) is 0 Å². The molecule has 1 spiro atoms. The van der Waals surface area contributed by atoms with E-state index in [1.807, 2.05) is 42.2 Å². The topological polar surface area (TPSA) is 52.9 Å². The summed E-state index contributed by atoms with van der Waals surface area (Å²) in [6.07, 6.45) is 1.65. The third-order valence-corrected chi connectivity index (χ3v) is 4.16. The van der Waals surface area contributed by atoms with Crippen LogP contribution in [0.2, 0.25) is 0 Å². The molecule has 1 aliphatic heterocycles. The van der Waals surface area contributed by atoms with Gasteiger partial charge < -0.3 is 10.1 Å². The summed E-state index contributed by atoms with van der Waals surface area (Å²) in [5, 5.41) is 12.4. The maximum Gasteiger partial charge on any atom is 0.235 e. The number of hydrogen-bond donors (Lipinski definition) is 1. The zero-order chi connectivity index (χ0) is 12.8. The zero-order valence-electron chi connectivity index (χ0n) is 10.3. The molecule has 1 aromatic rings. The normalized spacial score (nSPS) is 24.8. The Kier molecular flexibility index (Phi) is 2.40. The fraction of sp³-hybridized carbons (Fsp3) is 0.429. The summed E-state index contributed by atoms with van der Waals surface area (Å²) in [7, 11) is 0. The van der Waals surface area contributed by atoms with Crippen LogP contribution in [0.4, 0.5) is 0 Å². The first-order valence-electron chi connectivity index (χ1n) is 6.26. The molecule has 2 fully saturated rings. The molecule has 4 heteroatoms. The van der Waals surface area contributed by atoms with Crippen LogP contribution >= 0.6 is 0 Å². The van der Waals surface area contributed by atoms with E-state index in [-0.39, 0.29) is 11.9 Å². The van der Waals surface area contributed by atoms with Crippen molar-refractivity contribution in [2.24, 2.45) is 10.6 Å². The number of nitrogens with zero attached hydrogens (tertiary/aromatic N) is 2. The Labute approximate surface area is 106 Å². The number of carbonyl (C=O) groups excluding carboxylic acids is 1. The monoisotopic (exact) mass is 244 g/mol. The number of amides is 1. The second kappa shape index (κ2) is 3.83. The van der Waals surface area contributed by atoms with Crippen molar-refractivity contribution in [3.8, 4) is 0 Å². The van der Waals surface area contributed by atoms with Crippen molar-refractivity contribution < 1.29 is 10.0 Å². The molecule has 1 atom stereocenters. The van der Waals surface area contributed by atoms with Gasteiger partial charge in [0.1, 0.15) is 0 Å².